The third kappa shape index (κ3) is 2.36. The molecule has 20 heavy (non-hydrogen) atoms. The van der Waals surface area contributed by atoms with Gasteiger partial charge in [-0.05, 0) is 25.0 Å². The Hall–Kier alpha value is -1.68. The van der Waals surface area contributed by atoms with Gasteiger partial charge in [-0.3, -0.25) is 4.79 Å². The van der Waals surface area contributed by atoms with Gasteiger partial charge in [0, 0.05) is 28.1 Å². The Bertz CT molecular complexity index is 674. The molecule has 4 nitrogen and oxygen atoms in total. The van der Waals surface area contributed by atoms with Gasteiger partial charge in [0.05, 0.1) is 18.7 Å². The monoisotopic (exact) mass is 292 g/mol. The van der Waals surface area contributed by atoms with Crippen LogP contribution in [0.4, 0.5) is 0 Å². The lowest BCUT2D eigenvalue weighted by molar-refractivity contribution is -0.125. The number of hydrogen-bond donors (Lipinski definition) is 2. The molecule has 2 N–H and O–H groups in total. The normalized spacial score (nSPS) is 16.1. The quantitative estimate of drug-likeness (QED) is 0.909. The molecule has 1 amide bonds. The van der Waals surface area contributed by atoms with Crippen LogP contribution in [0.3, 0.4) is 0 Å². The van der Waals surface area contributed by atoms with Gasteiger partial charge in [0.1, 0.15) is 5.75 Å². The van der Waals surface area contributed by atoms with Gasteiger partial charge < -0.3 is 15.0 Å². The van der Waals surface area contributed by atoms with Crippen LogP contribution in [0.1, 0.15) is 25.5 Å². The van der Waals surface area contributed by atoms with Crippen LogP contribution in [0.15, 0.2) is 18.2 Å². The molecule has 0 spiro atoms. The molecule has 0 atom stereocenters. The molecule has 1 fully saturated rings. The van der Waals surface area contributed by atoms with Gasteiger partial charge in [-0.15, -0.1) is 0 Å². The molecule has 0 saturated heterocycles. The summed E-state index contributed by atoms with van der Waals surface area (Å²) in [6.45, 7) is 2.50. The van der Waals surface area contributed by atoms with Crippen molar-refractivity contribution in [2.24, 2.45) is 5.41 Å². The Labute approximate surface area is 122 Å². The molecule has 1 aromatic carbocycles. The number of ether oxygens (including phenoxy) is 1. The highest BCUT2D eigenvalue weighted by molar-refractivity contribution is 6.32. The maximum Gasteiger partial charge on any atom is 0.226 e. The molecular weight excluding hydrogens is 276 g/mol. The number of amides is 1. The van der Waals surface area contributed by atoms with Gasteiger partial charge in [-0.2, -0.15) is 0 Å². The molecule has 1 heterocycles. The average molecular weight is 293 g/mol. The molecule has 0 unspecified atom stereocenters. The van der Waals surface area contributed by atoms with Gasteiger partial charge in [-0.1, -0.05) is 18.5 Å². The number of rotatable bonds is 4. The van der Waals surface area contributed by atoms with Crippen molar-refractivity contribution in [2.45, 2.75) is 26.3 Å². The molecule has 2 aromatic rings. The zero-order chi connectivity index (χ0) is 14.3. The lowest BCUT2D eigenvalue weighted by atomic mass is 10.1. The maximum absolute atomic E-state index is 11.9. The van der Waals surface area contributed by atoms with Gasteiger partial charge in [0.15, 0.2) is 0 Å². The summed E-state index contributed by atoms with van der Waals surface area (Å²) in [5, 5.41) is 4.57. The summed E-state index contributed by atoms with van der Waals surface area (Å²) in [4.78, 5) is 15.2. The highest BCUT2D eigenvalue weighted by atomic mass is 35.5. The molecule has 1 aliphatic carbocycles. The first-order valence-electron chi connectivity index (χ1n) is 6.65. The maximum atomic E-state index is 11.9. The van der Waals surface area contributed by atoms with Crippen LogP contribution < -0.4 is 10.1 Å². The summed E-state index contributed by atoms with van der Waals surface area (Å²) in [6, 6.07) is 5.72. The second kappa shape index (κ2) is 4.70. The van der Waals surface area contributed by atoms with E-state index in [1.807, 2.05) is 25.1 Å². The van der Waals surface area contributed by atoms with Crippen molar-refractivity contribution in [3.8, 4) is 5.75 Å². The summed E-state index contributed by atoms with van der Waals surface area (Å²) in [7, 11) is 1.59. The zero-order valence-electron chi connectivity index (χ0n) is 11.5. The Morgan fingerprint density at radius 2 is 2.20 bits per heavy atom. The number of carbonyl (C=O) groups excluding carboxylic acids is 1. The predicted molar refractivity (Wildman–Crippen MR) is 79.0 cm³/mol. The van der Waals surface area contributed by atoms with Crippen LogP contribution >= 0.6 is 11.6 Å². The van der Waals surface area contributed by atoms with Crippen molar-refractivity contribution >= 4 is 28.4 Å². The van der Waals surface area contributed by atoms with Gasteiger partial charge in [0.25, 0.3) is 0 Å². The first kappa shape index (κ1) is 13.3. The Kier molecular flexibility index (Phi) is 3.13. The summed E-state index contributed by atoms with van der Waals surface area (Å²) < 4.78 is 5.19. The van der Waals surface area contributed by atoms with E-state index < -0.39 is 0 Å². The van der Waals surface area contributed by atoms with E-state index in [0.717, 1.165) is 29.4 Å². The van der Waals surface area contributed by atoms with E-state index in [1.54, 1.807) is 7.11 Å². The number of benzene rings is 1. The minimum atomic E-state index is -0.140. The third-order valence-corrected chi connectivity index (χ3v) is 4.23. The second-order valence-electron chi connectivity index (χ2n) is 5.61. The third-order valence-electron chi connectivity index (χ3n) is 3.94. The number of H-pyrrole nitrogens is 1. The molecule has 5 heteroatoms. The molecule has 1 saturated carbocycles. The predicted octanol–water partition coefficient (Wildman–Crippen LogP) is 3.25. The first-order valence-corrected chi connectivity index (χ1v) is 7.03. The van der Waals surface area contributed by atoms with Crippen molar-refractivity contribution < 1.29 is 9.53 Å². The molecule has 1 aliphatic rings. The highest BCUT2D eigenvalue weighted by Crippen LogP contribution is 2.45. The van der Waals surface area contributed by atoms with Gasteiger partial charge in [-0.25, -0.2) is 0 Å². The van der Waals surface area contributed by atoms with Gasteiger partial charge in [0.2, 0.25) is 5.91 Å². The molecule has 106 valence electrons. The van der Waals surface area contributed by atoms with Crippen molar-refractivity contribution in [2.75, 3.05) is 7.11 Å². The Morgan fingerprint density at radius 3 is 2.85 bits per heavy atom. The van der Waals surface area contributed by atoms with E-state index >= 15 is 0 Å². The lowest BCUT2D eigenvalue weighted by Gasteiger charge is -2.08. The fourth-order valence-electron chi connectivity index (χ4n) is 2.25. The molecule has 1 aromatic heterocycles. The fraction of sp³-hybridized carbons (Fsp3) is 0.400. The molecule has 3 rings (SSSR count). The van der Waals surface area contributed by atoms with Crippen molar-refractivity contribution in [3.05, 3.63) is 28.9 Å². The summed E-state index contributed by atoms with van der Waals surface area (Å²) in [5.41, 5.74) is 1.77. The number of aromatic amines is 1. The molecule has 0 aliphatic heterocycles. The highest BCUT2D eigenvalue weighted by Gasteiger charge is 2.44. The zero-order valence-corrected chi connectivity index (χ0v) is 12.3. The number of halogens is 1. The summed E-state index contributed by atoms with van der Waals surface area (Å²) >= 11 is 6.10. The van der Waals surface area contributed by atoms with Crippen LogP contribution in [-0.2, 0) is 11.3 Å². The standard InChI is InChI=1S/C15H17ClN2O2/c1-15(3-4-15)14(19)17-8-10-5-9-6-11(16)13(20-2)7-12(9)18-10/h5-7,18H,3-4,8H2,1-2H3,(H,17,19). The average Bonchev–Trinajstić information content (AvgIpc) is 3.05. The van der Waals surface area contributed by atoms with Crippen LogP contribution in [-0.4, -0.2) is 18.0 Å². The first-order chi connectivity index (χ1) is 9.51. The second-order valence-corrected chi connectivity index (χ2v) is 6.02. The fourth-order valence-corrected chi connectivity index (χ4v) is 2.50. The van der Waals surface area contributed by atoms with Crippen LogP contribution in [0.2, 0.25) is 5.02 Å². The van der Waals surface area contributed by atoms with Gasteiger partial charge >= 0.3 is 0 Å². The molecule has 0 bridgehead atoms. The van der Waals surface area contributed by atoms with Crippen LogP contribution in [0.5, 0.6) is 5.75 Å². The number of carbonyl (C=O) groups is 1. The molecule has 0 radical (unpaired) electrons. The smallest absolute Gasteiger partial charge is 0.226 e. The van der Waals surface area contributed by atoms with E-state index in [1.165, 1.54) is 0 Å². The number of methoxy groups -OCH3 is 1. The Morgan fingerprint density at radius 1 is 1.45 bits per heavy atom. The molecular formula is C15H17ClN2O2. The van der Waals surface area contributed by atoms with E-state index in [2.05, 4.69) is 10.3 Å². The number of hydrogen-bond acceptors (Lipinski definition) is 2. The number of aromatic nitrogens is 1. The van der Waals surface area contributed by atoms with E-state index in [9.17, 15) is 4.79 Å². The minimum absolute atomic E-state index is 0.131. The SMILES string of the molecule is COc1cc2[nH]c(CNC(=O)C3(C)CC3)cc2cc1Cl. The largest absolute Gasteiger partial charge is 0.495 e. The van der Waals surface area contributed by atoms with Crippen molar-refractivity contribution in [3.63, 3.8) is 0 Å². The number of fused-ring (bicyclic) bond motifs is 1. The Balaban J connectivity index is 1.77. The van der Waals surface area contributed by atoms with Crippen LogP contribution in [0, 0.1) is 5.41 Å². The van der Waals surface area contributed by atoms with Crippen LogP contribution in [0.25, 0.3) is 10.9 Å². The lowest BCUT2D eigenvalue weighted by Crippen LogP contribution is -2.29. The topological polar surface area (TPSA) is 54.1 Å². The van der Waals surface area contributed by atoms with E-state index in [4.69, 9.17) is 16.3 Å². The minimum Gasteiger partial charge on any atom is -0.495 e. The van der Waals surface area contributed by atoms with E-state index in [-0.39, 0.29) is 11.3 Å². The summed E-state index contributed by atoms with van der Waals surface area (Å²) in [6.07, 6.45) is 1.97. The van der Waals surface area contributed by atoms with E-state index in [0.29, 0.717) is 17.3 Å². The summed E-state index contributed by atoms with van der Waals surface area (Å²) in [5.74, 6) is 0.772. The van der Waals surface area contributed by atoms with Crippen molar-refractivity contribution in [1.29, 1.82) is 0 Å². The van der Waals surface area contributed by atoms with Crippen molar-refractivity contribution in [1.82, 2.24) is 10.3 Å². The number of nitrogens with one attached hydrogen (secondary N) is 2.